The summed E-state index contributed by atoms with van der Waals surface area (Å²) in [5.41, 5.74) is 0. The van der Waals surface area contributed by atoms with Crippen molar-refractivity contribution < 1.29 is 4.74 Å². The standard InChI is InChI=1S/C8H16ClNO.ClH/c1-7-5-10(4-3-9)6-8(2)11-7;/h7-8H,3-6H2,1-2H3;1H/t7-,8+;. The predicted molar refractivity (Wildman–Crippen MR) is 54.4 cm³/mol. The third kappa shape index (κ3) is 3.94. The fourth-order valence-electron chi connectivity index (χ4n) is 1.59. The molecule has 0 unspecified atom stereocenters. The summed E-state index contributed by atoms with van der Waals surface area (Å²) in [5, 5.41) is 0. The number of alkyl halides is 1. The molecule has 1 heterocycles. The van der Waals surface area contributed by atoms with Crippen molar-refractivity contribution in [3.8, 4) is 0 Å². The van der Waals surface area contributed by atoms with E-state index in [-0.39, 0.29) is 12.4 Å². The summed E-state index contributed by atoms with van der Waals surface area (Å²) in [6.45, 7) is 7.25. The highest BCUT2D eigenvalue weighted by Gasteiger charge is 2.20. The number of nitrogens with zero attached hydrogens (tertiary/aromatic N) is 1. The zero-order valence-corrected chi connectivity index (χ0v) is 9.20. The Kier molecular flexibility index (Phi) is 6.28. The van der Waals surface area contributed by atoms with E-state index in [1.54, 1.807) is 0 Å². The van der Waals surface area contributed by atoms with Gasteiger partial charge in [-0.05, 0) is 13.8 Å². The first-order valence-corrected chi connectivity index (χ1v) is 4.69. The first-order valence-electron chi connectivity index (χ1n) is 4.16. The van der Waals surface area contributed by atoms with Crippen LogP contribution in [0.4, 0.5) is 0 Å². The molecular formula is C8H17Cl2NO. The van der Waals surface area contributed by atoms with Crippen molar-refractivity contribution in [2.45, 2.75) is 26.1 Å². The quantitative estimate of drug-likeness (QED) is 0.649. The molecule has 74 valence electrons. The number of ether oxygens (including phenoxy) is 1. The van der Waals surface area contributed by atoms with Crippen molar-refractivity contribution >= 4 is 24.0 Å². The molecular weight excluding hydrogens is 197 g/mol. The van der Waals surface area contributed by atoms with Gasteiger partial charge >= 0.3 is 0 Å². The molecule has 2 atom stereocenters. The van der Waals surface area contributed by atoms with Crippen LogP contribution in [0.2, 0.25) is 0 Å². The minimum absolute atomic E-state index is 0. The highest BCUT2D eigenvalue weighted by Crippen LogP contribution is 2.09. The van der Waals surface area contributed by atoms with Crippen LogP contribution in [0.5, 0.6) is 0 Å². The fraction of sp³-hybridized carbons (Fsp3) is 1.00. The lowest BCUT2D eigenvalue weighted by molar-refractivity contribution is -0.0661. The zero-order valence-electron chi connectivity index (χ0n) is 7.62. The van der Waals surface area contributed by atoms with Crippen molar-refractivity contribution in [3.05, 3.63) is 0 Å². The molecule has 1 aliphatic heterocycles. The van der Waals surface area contributed by atoms with Crippen LogP contribution in [0.15, 0.2) is 0 Å². The van der Waals surface area contributed by atoms with Gasteiger partial charge < -0.3 is 4.74 Å². The van der Waals surface area contributed by atoms with Gasteiger partial charge in [-0.3, -0.25) is 4.90 Å². The van der Waals surface area contributed by atoms with Crippen LogP contribution in [0.1, 0.15) is 13.8 Å². The number of rotatable bonds is 2. The molecule has 0 spiro atoms. The zero-order chi connectivity index (χ0) is 8.27. The molecule has 0 aromatic heterocycles. The molecule has 0 amide bonds. The van der Waals surface area contributed by atoms with Crippen LogP contribution in [-0.4, -0.2) is 42.6 Å². The molecule has 1 rings (SSSR count). The van der Waals surface area contributed by atoms with Crippen molar-refractivity contribution in [1.82, 2.24) is 4.90 Å². The highest BCUT2D eigenvalue weighted by molar-refractivity contribution is 6.18. The maximum Gasteiger partial charge on any atom is 0.0678 e. The van der Waals surface area contributed by atoms with Gasteiger partial charge in [0, 0.05) is 25.5 Å². The van der Waals surface area contributed by atoms with Crippen LogP contribution < -0.4 is 0 Å². The number of halogens is 2. The largest absolute Gasteiger partial charge is 0.373 e. The second kappa shape index (κ2) is 6.03. The van der Waals surface area contributed by atoms with E-state index in [4.69, 9.17) is 16.3 Å². The van der Waals surface area contributed by atoms with Crippen molar-refractivity contribution in [2.24, 2.45) is 0 Å². The Balaban J connectivity index is 0.00000121. The first kappa shape index (κ1) is 12.5. The van der Waals surface area contributed by atoms with Gasteiger partial charge in [-0.15, -0.1) is 24.0 Å². The molecule has 2 nitrogen and oxygen atoms in total. The SMILES string of the molecule is C[C@@H]1CN(CCCl)C[C@H](C)O1.Cl. The summed E-state index contributed by atoms with van der Waals surface area (Å²) in [4.78, 5) is 2.35. The average Bonchev–Trinajstić information content (AvgIpc) is 1.85. The lowest BCUT2D eigenvalue weighted by atomic mass is 10.2. The second-order valence-electron chi connectivity index (χ2n) is 3.21. The first-order chi connectivity index (χ1) is 5.22. The molecule has 0 N–H and O–H groups in total. The third-order valence-electron chi connectivity index (χ3n) is 1.90. The van der Waals surface area contributed by atoms with E-state index in [2.05, 4.69) is 18.7 Å². The topological polar surface area (TPSA) is 12.5 Å². The van der Waals surface area contributed by atoms with Crippen LogP contribution in [0.25, 0.3) is 0 Å². The molecule has 0 saturated carbocycles. The van der Waals surface area contributed by atoms with Crippen LogP contribution in [-0.2, 0) is 4.74 Å². The monoisotopic (exact) mass is 213 g/mol. The predicted octanol–water partition coefficient (Wildman–Crippen LogP) is 1.76. The summed E-state index contributed by atoms with van der Waals surface area (Å²) in [6, 6.07) is 0. The van der Waals surface area contributed by atoms with E-state index in [9.17, 15) is 0 Å². The normalized spacial score (nSPS) is 31.2. The minimum atomic E-state index is 0. The number of hydrogen-bond acceptors (Lipinski definition) is 2. The smallest absolute Gasteiger partial charge is 0.0678 e. The molecule has 0 radical (unpaired) electrons. The number of hydrogen-bond donors (Lipinski definition) is 0. The third-order valence-corrected chi connectivity index (χ3v) is 2.07. The van der Waals surface area contributed by atoms with E-state index < -0.39 is 0 Å². The Morgan fingerprint density at radius 1 is 1.33 bits per heavy atom. The van der Waals surface area contributed by atoms with Gasteiger partial charge in [0.05, 0.1) is 12.2 Å². The van der Waals surface area contributed by atoms with Crippen molar-refractivity contribution in [3.63, 3.8) is 0 Å². The van der Waals surface area contributed by atoms with Crippen molar-refractivity contribution in [1.29, 1.82) is 0 Å². The van der Waals surface area contributed by atoms with Gasteiger partial charge in [-0.1, -0.05) is 0 Å². The summed E-state index contributed by atoms with van der Waals surface area (Å²) >= 11 is 5.65. The lowest BCUT2D eigenvalue weighted by Crippen LogP contribution is -2.45. The average molecular weight is 214 g/mol. The van der Waals surface area contributed by atoms with Gasteiger partial charge in [0.25, 0.3) is 0 Å². The molecule has 0 bridgehead atoms. The van der Waals surface area contributed by atoms with E-state index in [1.165, 1.54) is 0 Å². The van der Waals surface area contributed by atoms with Gasteiger partial charge in [0.1, 0.15) is 0 Å². The van der Waals surface area contributed by atoms with Crippen molar-refractivity contribution in [2.75, 3.05) is 25.5 Å². The summed E-state index contributed by atoms with van der Waals surface area (Å²) in [6.07, 6.45) is 0.726. The van der Waals surface area contributed by atoms with Gasteiger partial charge in [-0.25, -0.2) is 0 Å². The van der Waals surface area contributed by atoms with E-state index in [1.807, 2.05) is 0 Å². The molecule has 1 fully saturated rings. The lowest BCUT2D eigenvalue weighted by Gasteiger charge is -2.34. The van der Waals surface area contributed by atoms with Crippen LogP contribution in [0, 0.1) is 0 Å². The molecule has 12 heavy (non-hydrogen) atoms. The molecule has 1 aliphatic rings. The Morgan fingerprint density at radius 3 is 2.25 bits per heavy atom. The highest BCUT2D eigenvalue weighted by atomic mass is 35.5. The summed E-state index contributed by atoms with van der Waals surface area (Å²) < 4.78 is 5.58. The van der Waals surface area contributed by atoms with Gasteiger partial charge in [0.15, 0.2) is 0 Å². The Morgan fingerprint density at radius 2 is 1.83 bits per heavy atom. The van der Waals surface area contributed by atoms with E-state index in [0.29, 0.717) is 12.2 Å². The summed E-state index contributed by atoms with van der Waals surface area (Å²) in [7, 11) is 0. The fourth-order valence-corrected chi connectivity index (χ4v) is 1.83. The Bertz CT molecular complexity index is 114. The second-order valence-corrected chi connectivity index (χ2v) is 3.58. The van der Waals surface area contributed by atoms with E-state index in [0.717, 1.165) is 25.5 Å². The molecule has 1 saturated heterocycles. The van der Waals surface area contributed by atoms with Gasteiger partial charge in [0.2, 0.25) is 0 Å². The maximum absolute atomic E-state index is 5.65. The van der Waals surface area contributed by atoms with Gasteiger partial charge in [-0.2, -0.15) is 0 Å². The van der Waals surface area contributed by atoms with Crippen LogP contribution >= 0.6 is 24.0 Å². The maximum atomic E-state index is 5.65. The molecule has 0 aliphatic carbocycles. The minimum Gasteiger partial charge on any atom is -0.373 e. The Hall–Kier alpha value is 0.500. The molecule has 0 aromatic carbocycles. The Labute approximate surface area is 85.6 Å². The summed E-state index contributed by atoms with van der Waals surface area (Å²) in [5.74, 6) is 0.722. The molecule has 4 heteroatoms. The number of morpholine rings is 1. The van der Waals surface area contributed by atoms with Crippen LogP contribution in [0.3, 0.4) is 0 Å². The van der Waals surface area contributed by atoms with E-state index >= 15 is 0 Å². The molecule has 0 aromatic rings.